The van der Waals surface area contributed by atoms with E-state index < -0.39 is 0 Å². The molecule has 1 fully saturated rings. The van der Waals surface area contributed by atoms with Crippen LogP contribution in [0.1, 0.15) is 24.0 Å². The lowest BCUT2D eigenvalue weighted by Gasteiger charge is -2.18. The predicted molar refractivity (Wildman–Crippen MR) is 65.0 cm³/mol. The van der Waals surface area contributed by atoms with Gasteiger partial charge in [0.1, 0.15) is 0 Å². The highest BCUT2D eigenvalue weighted by Gasteiger charge is 2.45. The van der Waals surface area contributed by atoms with Crippen molar-refractivity contribution in [2.75, 3.05) is 13.3 Å². The molecule has 1 heterocycles. The number of ether oxygens (including phenoxy) is 2. The fourth-order valence-electron chi connectivity index (χ4n) is 2.44. The van der Waals surface area contributed by atoms with Crippen molar-refractivity contribution in [3.05, 3.63) is 21.7 Å². The molecule has 3 nitrogen and oxygen atoms in total. The quantitative estimate of drug-likeness (QED) is 0.907. The van der Waals surface area contributed by atoms with Crippen LogP contribution in [0.2, 0.25) is 0 Å². The Labute approximate surface area is 103 Å². The predicted octanol–water partition coefficient (Wildman–Crippen LogP) is 2.48. The van der Waals surface area contributed by atoms with E-state index in [1.54, 1.807) is 0 Å². The average molecular weight is 284 g/mol. The number of halogens is 1. The second kappa shape index (κ2) is 3.37. The second-order valence-electron chi connectivity index (χ2n) is 4.58. The van der Waals surface area contributed by atoms with Crippen LogP contribution in [0, 0.1) is 6.92 Å². The van der Waals surface area contributed by atoms with Crippen LogP contribution in [0.3, 0.4) is 0 Å². The molecule has 0 atom stereocenters. The maximum Gasteiger partial charge on any atom is 0.231 e. The molecule has 1 aliphatic carbocycles. The normalized spacial score (nSPS) is 19.9. The molecule has 16 heavy (non-hydrogen) atoms. The first-order chi connectivity index (χ1) is 7.68. The molecule has 0 spiro atoms. The van der Waals surface area contributed by atoms with E-state index in [1.165, 1.54) is 24.0 Å². The summed E-state index contributed by atoms with van der Waals surface area (Å²) in [5.41, 5.74) is 8.56. The molecule has 86 valence electrons. The number of hydrogen-bond acceptors (Lipinski definition) is 3. The number of hydrogen-bond donors (Lipinski definition) is 1. The van der Waals surface area contributed by atoms with Gasteiger partial charge in [-0.1, -0.05) is 0 Å². The topological polar surface area (TPSA) is 44.5 Å². The Hall–Kier alpha value is -0.740. The molecule has 1 aromatic carbocycles. The molecule has 4 heteroatoms. The Bertz CT molecular complexity index is 455. The van der Waals surface area contributed by atoms with Gasteiger partial charge in [0.15, 0.2) is 11.5 Å². The molecule has 2 N–H and O–H groups in total. The van der Waals surface area contributed by atoms with Gasteiger partial charge in [0.05, 0.1) is 4.47 Å². The highest BCUT2D eigenvalue weighted by atomic mass is 79.9. The van der Waals surface area contributed by atoms with Gasteiger partial charge in [-0.15, -0.1) is 0 Å². The molecule has 1 aliphatic heterocycles. The summed E-state index contributed by atoms with van der Waals surface area (Å²) in [6, 6.07) is 2.14. The molecular weight excluding hydrogens is 270 g/mol. The first kappa shape index (κ1) is 10.4. The zero-order valence-electron chi connectivity index (χ0n) is 9.18. The third kappa shape index (κ3) is 1.29. The van der Waals surface area contributed by atoms with E-state index in [9.17, 15) is 0 Å². The third-order valence-electron chi connectivity index (χ3n) is 3.66. The average Bonchev–Trinajstić information content (AvgIpc) is 2.91. The van der Waals surface area contributed by atoms with E-state index in [0.29, 0.717) is 13.3 Å². The van der Waals surface area contributed by atoms with E-state index in [2.05, 4.69) is 28.9 Å². The maximum absolute atomic E-state index is 5.88. The van der Waals surface area contributed by atoms with Gasteiger partial charge in [0.25, 0.3) is 0 Å². The minimum Gasteiger partial charge on any atom is -0.453 e. The molecule has 1 saturated carbocycles. The van der Waals surface area contributed by atoms with Crippen LogP contribution in [-0.4, -0.2) is 13.3 Å². The fraction of sp³-hybridized carbons (Fsp3) is 0.500. The summed E-state index contributed by atoms with van der Waals surface area (Å²) in [6.07, 6.45) is 2.35. The Morgan fingerprint density at radius 2 is 2.06 bits per heavy atom. The van der Waals surface area contributed by atoms with Gasteiger partial charge < -0.3 is 15.2 Å². The zero-order valence-corrected chi connectivity index (χ0v) is 10.8. The van der Waals surface area contributed by atoms with Crippen molar-refractivity contribution in [1.29, 1.82) is 0 Å². The van der Waals surface area contributed by atoms with Crippen molar-refractivity contribution in [3.63, 3.8) is 0 Å². The smallest absolute Gasteiger partial charge is 0.231 e. The van der Waals surface area contributed by atoms with Crippen LogP contribution in [0.4, 0.5) is 0 Å². The fourth-order valence-corrected chi connectivity index (χ4v) is 2.97. The summed E-state index contributed by atoms with van der Waals surface area (Å²) in [4.78, 5) is 0. The van der Waals surface area contributed by atoms with E-state index in [1.807, 2.05) is 0 Å². The molecular formula is C12H14BrNO2. The van der Waals surface area contributed by atoms with Crippen molar-refractivity contribution in [2.24, 2.45) is 5.73 Å². The first-order valence-electron chi connectivity index (χ1n) is 5.47. The Balaban J connectivity index is 2.17. The Kier molecular flexibility index (Phi) is 2.20. The molecule has 0 amide bonds. The minimum atomic E-state index is 0.188. The summed E-state index contributed by atoms with van der Waals surface area (Å²) in [7, 11) is 0. The second-order valence-corrected chi connectivity index (χ2v) is 5.43. The van der Waals surface area contributed by atoms with Crippen molar-refractivity contribution in [2.45, 2.75) is 25.2 Å². The zero-order chi connectivity index (χ0) is 11.3. The molecule has 2 aliphatic rings. The van der Waals surface area contributed by atoms with Crippen LogP contribution >= 0.6 is 15.9 Å². The highest BCUT2D eigenvalue weighted by molar-refractivity contribution is 9.10. The molecule has 0 aromatic heterocycles. The van der Waals surface area contributed by atoms with E-state index in [0.717, 1.165) is 16.0 Å². The van der Waals surface area contributed by atoms with E-state index >= 15 is 0 Å². The maximum atomic E-state index is 5.88. The van der Waals surface area contributed by atoms with Crippen molar-refractivity contribution in [3.8, 4) is 11.5 Å². The Morgan fingerprint density at radius 1 is 1.38 bits per heavy atom. The van der Waals surface area contributed by atoms with Crippen LogP contribution in [0.25, 0.3) is 0 Å². The molecule has 0 unspecified atom stereocenters. The lowest BCUT2D eigenvalue weighted by Crippen LogP contribution is -2.20. The van der Waals surface area contributed by atoms with Crippen molar-refractivity contribution in [1.82, 2.24) is 0 Å². The summed E-state index contributed by atoms with van der Waals surface area (Å²) in [5, 5.41) is 0. The minimum absolute atomic E-state index is 0.188. The van der Waals surface area contributed by atoms with Gasteiger partial charge in [0, 0.05) is 12.0 Å². The Morgan fingerprint density at radius 3 is 2.69 bits per heavy atom. The lowest BCUT2D eigenvalue weighted by molar-refractivity contribution is 0.173. The number of fused-ring (bicyclic) bond motifs is 1. The lowest BCUT2D eigenvalue weighted by atomic mass is 9.91. The van der Waals surface area contributed by atoms with Gasteiger partial charge in [-0.25, -0.2) is 0 Å². The summed E-state index contributed by atoms with van der Waals surface area (Å²) < 4.78 is 11.9. The largest absolute Gasteiger partial charge is 0.453 e. The number of rotatable bonds is 2. The molecule has 0 saturated heterocycles. The van der Waals surface area contributed by atoms with Gasteiger partial charge in [-0.05, 0) is 52.9 Å². The van der Waals surface area contributed by atoms with Crippen LogP contribution < -0.4 is 15.2 Å². The van der Waals surface area contributed by atoms with Crippen LogP contribution in [0.15, 0.2) is 10.5 Å². The third-order valence-corrected chi connectivity index (χ3v) is 4.25. The van der Waals surface area contributed by atoms with Gasteiger partial charge >= 0.3 is 0 Å². The van der Waals surface area contributed by atoms with Crippen LogP contribution in [-0.2, 0) is 5.41 Å². The van der Waals surface area contributed by atoms with Crippen molar-refractivity contribution >= 4 is 15.9 Å². The highest BCUT2D eigenvalue weighted by Crippen LogP contribution is 2.53. The van der Waals surface area contributed by atoms with Gasteiger partial charge in [-0.3, -0.25) is 0 Å². The first-order valence-corrected chi connectivity index (χ1v) is 6.26. The van der Waals surface area contributed by atoms with Gasteiger partial charge in [0.2, 0.25) is 6.79 Å². The summed E-state index contributed by atoms with van der Waals surface area (Å²) in [6.45, 7) is 3.11. The summed E-state index contributed by atoms with van der Waals surface area (Å²) >= 11 is 3.54. The molecule has 3 rings (SSSR count). The molecule has 1 aromatic rings. The molecule has 0 bridgehead atoms. The van der Waals surface area contributed by atoms with Crippen LogP contribution in [0.5, 0.6) is 11.5 Å². The van der Waals surface area contributed by atoms with Gasteiger partial charge in [-0.2, -0.15) is 0 Å². The van der Waals surface area contributed by atoms with E-state index in [4.69, 9.17) is 15.2 Å². The summed E-state index contributed by atoms with van der Waals surface area (Å²) in [5.74, 6) is 1.71. The standard InChI is InChI=1S/C12H14BrNO2/c1-7-8(12(5-14)2-3-12)4-9(13)11-10(7)15-6-16-11/h4H,2-3,5-6,14H2,1H3. The van der Waals surface area contributed by atoms with Crippen molar-refractivity contribution < 1.29 is 9.47 Å². The number of nitrogens with two attached hydrogens (primary N) is 1. The SMILES string of the molecule is Cc1c(C2(CN)CC2)cc(Br)c2c1OCO2. The molecule has 0 radical (unpaired) electrons. The van der Waals surface area contributed by atoms with E-state index in [-0.39, 0.29) is 5.41 Å². The number of benzene rings is 1. The monoisotopic (exact) mass is 283 g/mol.